The molecule has 0 fully saturated rings. The van der Waals surface area contributed by atoms with Crippen LogP contribution in [0, 0.1) is 0 Å². The second-order valence-corrected chi connectivity index (χ2v) is 7.42. The standard InChI is InChI=1S/C21H26N2OS/c1-3-22(4-2)15-14-19(17-10-6-5-7-11-17)23-16-20(24)18-12-8-9-13-21(18)25-23/h5-13,19H,3-4,14-16H2,1-2H3. The highest BCUT2D eigenvalue weighted by Crippen LogP contribution is 2.39. The molecule has 0 aromatic heterocycles. The van der Waals surface area contributed by atoms with Crippen molar-refractivity contribution in [3.05, 3.63) is 65.7 Å². The topological polar surface area (TPSA) is 23.6 Å². The van der Waals surface area contributed by atoms with Crippen molar-refractivity contribution in [1.82, 2.24) is 9.21 Å². The Morgan fingerprint density at radius 3 is 2.44 bits per heavy atom. The Hall–Kier alpha value is -1.62. The number of carbonyl (C=O) groups is 1. The van der Waals surface area contributed by atoms with E-state index in [9.17, 15) is 4.79 Å². The number of fused-ring (bicyclic) bond motifs is 1. The zero-order valence-electron chi connectivity index (χ0n) is 15.0. The smallest absolute Gasteiger partial charge is 0.178 e. The summed E-state index contributed by atoms with van der Waals surface area (Å²) in [7, 11) is 0. The van der Waals surface area contributed by atoms with E-state index in [-0.39, 0.29) is 11.8 Å². The van der Waals surface area contributed by atoms with Gasteiger partial charge in [-0.15, -0.1) is 0 Å². The highest BCUT2D eigenvalue weighted by Gasteiger charge is 2.30. The van der Waals surface area contributed by atoms with Gasteiger partial charge in [0, 0.05) is 16.5 Å². The van der Waals surface area contributed by atoms with Crippen LogP contribution in [0.15, 0.2) is 59.5 Å². The van der Waals surface area contributed by atoms with Gasteiger partial charge in [0.05, 0.1) is 6.54 Å². The quantitative estimate of drug-likeness (QED) is 0.675. The maximum absolute atomic E-state index is 12.6. The zero-order chi connectivity index (χ0) is 17.6. The second-order valence-electron chi connectivity index (χ2n) is 6.33. The Balaban J connectivity index is 1.83. The van der Waals surface area contributed by atoms with Gasteiger partial charge in [0.1, 0.15) is 0 Å². The van der Waals surface area contributed by atoms with Crippen LogP contribution < -0.4 is 0 Å². The number of hydrogen-bond donors (Lipinski definition) is 0. The Morgan fingerprint density at radius 1 is 1.04 bits per heavy atom. The van der Waals surface area contributed by atoms with Crippen LogP contribution in [0.1, 0.15) is 42.2 Å². The van der Waals surface area contributed by atoms with Gasteiger partial charge in [0.25, 0.3) is 0 Å². The molecule has 0 bridgehead atoms. The van der Waals surface area contributed by atoms with E-state index in [4.69, 9.17) is 0 Å². The minimum atomic E-state index is 0.220. The summed E-state index contributed by atoms with van der Waals surface area (Å²) in [5.74, 6) is 0.220. The van der Waals surface area contributed by atoms with E-state index < -0.39 is 0 Å². The Bertz CT molecular complexity index is 700. The van der Waals surface area contributed by atoms with E-state index in [1.165, 1.54) is 5.56 Å². The van der Waals surface area contributed by atoms with Crippen molar-refractivity contribution in [2.24, 2.45) is 0 Å². The highest BCUT2D eigenvalue weighted by atomic mass is 32.2. The molecule has 3 rings (SSSR count). The maximum atomic E-state index is 12.6. The number of ketones is 1. The summed E-state index contributed by atoms with van der Waals surface area (Å²) in [5, 5.41) is 0. The van der Waals surface area contributed by atoms with Crippen molar-refractivity contribution in [2.75, 3.05) is 26.2 Å². The predicted octanol–water partition coefficient (Wildman–Crippen LogP) is 4.67. The number of carbonyl (C=O) groups excluding carboxylic acids is 1. The van der Waals surface area contributed by atoms with Crippen molar-refractivity contribution >= 4 is 17.7 Å². The second kappa shape index (κ2) is 8.65. The molecule has 0 amide bonds. The van der Waals surface area contributed by atoms with E-state index in [2.05, 4.69) is 59.5 Å². The number of nitrogens with zero attached hydrogens (tertiary/aromatic N) is 2. The van der Waals surface area contributed by atoms with Gasteiger partial charge >= 0.3 is 0 Å². The summed E-state index contributed by atoms with van der Waals surface area (Å²) in [5.41, 5.74) is 2.15. The van der Waals surface area contributed by atoms with Gasteiger partial charge in [0.15, 0.2) is 5.78 Å². The predicted molar refractivity (Wildman–Crippen MR) is 105 cm³/mol. The molecule has 25 heavy (non-hydrogen) atoms. The number of rotatable bonds is 7. The van der Waals surface area contributed by atoms with Crippen LogP contribution in [0.5, 0.6) is 0 Å². The summed E-state index contributed by atoms with van der Waals surface area (Å²) in [6, 6.07) is 18.8. The SMILES string of the molecule is CCN(CC)CCC(c1ccccc1)N1CC(=O)c2ccccc2S1. The van der Waals surface area contributed by atoms with Gasteiger partial charge in [-0.25, -0.2) is 4.31 Å². The Labute approximate surface area is 155 Å². The summed E-state index contributed by atoms with van der Waals surface area (Å²) in [4.78, 5) is 16.1. The fraction of sp³-hybridized carbons (Fsp3) is 0.381. The van der Waals surface area contributed by atoms with Crippen LogP contribution in [0.2, 0.25) is 0 Å². The number of hydrogen-bond acceptors (Lipinski definition) is 4. The molecule has 2 aromatic carbocycles. The number of Topliss-reactive ketones (excluding diaryl/α,β-unsaturated/α-hetero) is 1. The van der Waals surface area contributed by atoms with Gasteiger partial charge in [-0.3, -0.25) is 4.79 Å². The van der Waals surface area contributed by atoms with Crippen LogP contribution in [-0.4, -0.2) is 41.2 Å². The largest absolute Gasteiger partial charge is 0.304 e. The summed E-state index contributed by atoms with van der Waals surface area (Å²) >= 11 is 1.72. The fourth-order valence-electron chi connectivity index (χ4n) is 3.33. The lowest BCUT2D eigenvalue weighted by Crippen LogP contribution is -2.34. The van der Waals surface area contributed by atoms with Crippen molar-refractivity contribution in [1.29, 1.82) is 0 Å². The molecular weight excluding hydrogens is 328 g/mol. The molecule has 1 heterocycles. The first kappa shape index (κ1) is 18.2. The molecule has 0 saturated carbocycles. The van der Waals surface area contributed by atoms with Crippen LogP contribution in [0.4, 0.5) is 0 Å². The molecule has 0 aliphatic carbocycles. The lowest BCUT2D eigenvalue weighted by atomic mass is 10.0. The van der Waals surface area contributed by atoms with Gasteiger partial charge in [0.2, 0.25) is 0 Å². The third-order valence-corrected chi connectivity index (χ3v) is 6.02. The molecule has 4 heteroatoms. The third-order valence-electron chi connectivity index (χ3n) is 4.85. The van der Waals surface area contributed by atoms with E-state index >= 15 is 0 Å². The molecule has 132 valence electrons. The van der Waals surface area contributed by atoms with Crippen LogP contribution in [-0.2, 0) is 0 Å². The molecule has 1 unspecified atom stereocenters. The minimum Gasteiger partial charge on any atom is -0.304 e. The molecule has 1 aliphatic rings. The molecule has 2 aromatic rings. The lowest BCUT2D eigenvalue weighted by molar-refractivity contribution is 0.0945. The van der Waals surface area contributed by atoms with E-state index in [1.54, 1.807) is 11.9 Å². The molecule has 0 radical (unpaired) electrons. The minimum absolute atomic E-state index is 0.220. The van der Waals surface area contributed by atoms with Gasteiger partial charge < -0.3 is 4.90 Å². The average Bonchev–Trinajstić information content (AvgIpc) is 2.66. The maximum Gasteiger partial charge on any atom is 0.178 e. The van der Waals surface area contributed by atoms with Crippen LogP contribution in [0.3, 0.4) is 0 Å². The normalized spacial score (nSPS) is 16.0. The summed E-state index contributed by atoms with van der Waals surface area (Å²) in [6.07, 6.45) is 1.02. The molecule has 0 saturated heterocycles. The first-order valence-electron chi connectivity index (χ1n) is 9.07. The lowest BCUT2D eigenvalue weighted by Gasteiger charge is -2.35. The molecule has 3 nitrogen and oxygen atoms in total. The van der Waals surface area contributed by atoms with Crippen LogP contribution >= 0.6 is 11.9 Å². The summed E-state index contributed by atoms with van der Waals surface area (Å²) in [6.45, 7) is 8.05. The first-order valence-corrected chi connectivity index (χ1v) is 9.84. The Morgan fingerprint density at radius 2 is 1.72 bits per heavy atom. The molecular formula is C21H26N2OS. The molecule has 0 spiro atoms. The van der Waals surface area contributed by atoms with E-state index in [0.717, 1.165) is 36.5 Å². The van der Waals surface area contributed by atoms with E-state index in [0.29, 0.717) is 6.54 Å². The zero-order valence-corrected chi connectivity index (χ0v) is 15.8. The highest BCUT2D eigenvalue weighted by molar-refractivity contribution is 7.97. The van der Waals surface area contributed by atoms with Crippen molar-refractivity contribution in [2.45, 2.75) is 31.2 Å². The molecule has 1 atom stereocenters. The fourth-order valence-corrected chi connectivity index (χ4v) is 4.54. The van der Waals surface area contributed by atoms with Gasteiger partial charge in [-0.05, 0) is 49.6 Å². The van der Waals surface area contributed by atoms with Gasteiger partial charge in [-0.1, -0.05) is 62.4 Å². The average molecular weight is 355 g/mol. The monoisotopic (exact) mass is 354 g/mol. The number of benzene rings is 2. The first-order chi connectivity index (χ1) is 12.2. The van der Waals surface area contributed by atoms with Crippen LogP contribution in [0.25, 0.3) is 0 Å². The Kier molecular flexibility index (Phi) is 6.29. The molecule has 0 N–H and O–H groups in total. The van der Waals surface area contributed by atoms with Crippen molar-refractivity contribution in [3.63, 3.8) is 0 Å². The third kappa shape index (κ3) is 4.32. The van der Waals surface area contributed by atoms with E-state index in [1.807, 2.05) is 18.2 Å². The summed E-state index contributed by atoms with van der Waals surface area (Å²) < 4.78 is 2.27. The van der Waals surface area contributed by atoms with Crippen molar-refractivity contribution < 1.29 is 4.79 Å². The van der Waals surface area contributed by atoms with Crippen molar-refractivity contribution in [3.8, 4) is 0 Å². The molecule has 1 aliphatic heterocycles. The van der Waals surface area contributed by atoms with Gasteiger partial charge in [-0.2, -0.15) is 0 Å².